The van der Waals surface area contributed by atoms with E-state index in [9.17, 15) is 0 Å². The van der Waals surface area contributed by atoms with E-state index in [1.54, 1.807) is 6.20 Å². The average molecular weight is 338 g/mol. The summed E-state index contributed by atoms with van der Waals surface area (Å²) in [5.41, 5.74) is 3.20. The molecule has 2 atom stereocenters. The maximum absolute atomic E-state index is 5.94. The summed E-state index contributed by atoms with van der Waals surface area (Å²) in [4.78, 5) is 4.39. The Morgan fingerprint density at radius 3 is 2.88 bits per heavy atom. The van der Waals surface area contributed by atoms with E-state index in [4.69, 9.17) is 9.15 Å². The summed E-state index contributed by atoms with van der Waals surface area (Å²) < 4.78 is 13.6. The van der Waals surface area contributed by atoms with E-state index >= 15 is 0 Å². The van der Waals surface area contributed by atoms with Crippen LogP contribution in [-0.4, -0.2) is 27.4 Å². The summed E-state index contributed by atoms with van der Waals surface area (Å²) in [6.07, 6.45) is 4.81. The molecule has 6 nitrogen and oxygen atoms in total. The minimum atomic E-state index is 0.0252. The molecule has 2 aromatic heterocycles. The zero-order valence-corrected chi connectivity index (χ0v) is 14.5. The Bertz CT molecular complexity index is 840. The number of hydrogen-bond acceptors (Lipinski definition) is 5. The number of aromatic nitrogens is 3. The third-order valence-corrected chi connectivity index (χ3v) is 4.58. The second-order valence-electron chi connectivity index (χ2n) is 6.40. The Balaban J connectivity index is 1.43. The lowest BCUT2D eigenvalue weighted by Crippen LogP contribution is -2.31. The normalized spacial score (nSPS) is 20.2. The zero-order valence-electron chi connectivity index (χ0n) is 14.5. The van der Waals surface area contributed by atoms with Crippen LogP contribution in [0.15, 0.2) is 47.1 Å². The Morgan fingerprint density at radius 2 is 2.12 bits per heavy atom. The quantitative estimate of drug-likeness (QED) is 0.775. The van der Waals surface area contributed by atoms with Crippen molar-refractivity contribution in [2.45, 2.75) is 32.0 Å². The highest BCUT2D eigenvalue weighted by atomic mass is 16.5. The van der Waals surface area contributed by atoms with Gasteiger partial charge in [-0.3, -0.25) is 4.68 Å². The van der Waals surface area contributed by atoms with Crippen LogP contribution >= 0.6 is 0 Å². The van der Waals surface area contributed by atoms with Gasteiger partial charge >= 0.3 is 0 Å². The third-order valence-electron chi connectivity index (χ3n) is 4.58. The number of nitrogens with one attached hydrogen (secondary N) is 1. The molecule has 130 valence electrons. The molecule has 1 fully saturated rings. The van der Waals surface area contributed by atoms with Crippen LogP contribution in [0.4, 0.5) is 0 Å². The van der Waals surface area contributed by atoms with Crippen LogP contribution in [0, 0.1) is 6.92 Å². The van der Waals surface area contributed by atoms with Gasteiger partial charge < -0.3 is 14.5 Å². The molecule has 0 unspecified atom stereocenters. The van der Waals surface area contributed by atoms with Crippen molar-refractivity contribution in [2.75, 3.05) is 6.61 Å². The smallest absolute Gasteiger partial charge is 0.208 e. The second kappa shape index (κ2) is 6.82. The molecule has 1 N–H and O–H groups in total. The lowest BCUT2D eigenvalue weighted by Gasteiger charge is -2.18. The van der Waals surface area contributed by atoms with Gasteiger partial charge in [0.05, 0.1) is 18.4 Å². The molecule has 0 aliphatic carbocycles. The van der Waals surface area contributed by atoms with Gasteiger partial charge in [-0.15, -0.1) is 0 Å². The minimum absolute atomic E-state index is 0.0252. The Hall–Kier alpha value is -2.44. The molecule has 3 heterocycles. The SMILES string of the molecule is Cc1nn(C)cc1[C@H]1OCC[C@@H]1NCc1ncc(-c2ccccc2)o1. The van der Waals surface area contributed by atoms with E-state index < -0.39 is 0 Å². The molecule has 0 radical (unpaired) electrons. The van der Waals surface area contributed by atoms with Gasteiger partial charge in [0.1, 0.15) is 6.10 Å². The lowest BCUT2D eigenvalue weighted by atomic mass is 10.0. The second-order valence-corrected chi connectivity index (χ2v) is 6.40. The summed E-state index contributed by atoms with van der Waals surface area (Å²) in [5.74, 6) is 1.48. The maximum Gasteiger partial charge on any atom is 0.208 e. The van der Waals surface area contributed by atoms with Crippen molar-refractivity contribution in [2.24, 2.45) is 7.05 Å². The van der Waals surface area contributed by atoms with Crippen LogP contribution in [0.3, 0.4) is 0 Å². The van der Waals surface area contributed by atoms with Gasteiger partial charge in [0.2, 0.25) is 5.89 Å². The van der Waals surface area contributed by atoms with Gasteiger partial charge in [-0.25, -0.2) is 4.98 Å². The molecule has 0 amide bonds. The number of ether oxygens (including phenoxy) is 1. The van der Waals surface area contributed by atoms with Crippen LogP contribution in [0.1, 0.15) is 29.7 Å². The summed E-state index contributed by atoms with van der Waals surface area (Å²) >= 11 is 0. The lowest BCUT2D eigenvalue weighted by molar-refractivity contribution is 0.0975. The highest BCUT2D eigenvalue weighted by molar-refractivity contribution is 5.55. The highest BCUT2D eigenvalue weighted by Gasteiger charge is 2.31. The fourth-order valence-electron chi connectivity index (χ4n) is 3.35. The van der Waals surface area contributed by atoms with Gasteiger partial charge in [0.15, 0.2) is 5.76 Å². The molecule has 6 heteroatoms. The molecule has 0 saturated carbocycles. The molecule has 25 heavy (non-hydrogen) atoms. The third kappa shape index (κ3) is 3.36. The van der Waals surface area contributed by atoms with Crippen molar-refractivity contribution in [3.8, 4) is 11.3 Å². The molecule has 4 rings (SSSR count). The van der Waals surface area contributed by atoms with Crippen LogP contribution in [0.2, 0.25) is 0 Å². The number of nitrogens with zero attached hydrogens (tertiary/aromatic N) is 3. The van der Waals surface area contributed by atoms with Crippen molar-refractivity contribution in [3.05, 3.63) is 59.9 Å². The van der Waals surface area contributed by atoms with Gasteiger partial charge in [-0.2, -0.15) is 5.10 Å². The molecule has 1 aliphatic rings. The first-order valence-corrected chi connectivity index (χ1v) is 8.56. The minimum Gasteiger partial charge on any atom is -0.439 e. The molecular formula is C19H22N4O2. The molecule has 3 aromatic rings. The van der Waals surface area contributed by atoms with E-state index in [0.29, 0.717) is 12.4 Å². The van der Waals surface area contributed by atoms with Crippen molar-refractivity contribution < 1.29 is 9.15 Å². The number of benzene rings is 1. The Morgan fingerprint density at radius 1 is 1.28 bits per heavy atom. The summed E-state index contributed by atoms with van der Waals surface area (Å²) in [6, 6.07) is 10.2. The van der Waals surface area contributed by atoms with E-state index in [-0.39, 0.29) is 12.1 Å². The fourth-order valence-corrected chi connectivity index (χ4v) is 3.35. The van der Waals surface area contributed by atoms with Crippen LogP contribution in [0.5, 0.6) is 0 Å². The van der Waals surface area contributed by atoms with Crippen molar-refractivity contribution in [1.82, 2.24) is 20.1 Å². The fraction of sp³-hybridized carbons (Fsp3) is 0.368. The standard InChI is InChI=1S/C19H22N4O2/c1-13-15(12-23(2)22-13)19-16(8-9-24-19)20-11-18-21-10-17(25-18)14-6-4-3-5-7-14/h3-7,10,12,16,19-20H,8-9,11H2,1-2H3/t16-,19+/m0/s1. The van der Waals surface area contributed by atoms with Crippen LogP contribution in [0.25, 0.3) is 11.3 Å². The molecule has 0 bridgehead atoms. The van der Waals surface area contributed by atoms with Crippen LogP contribution in [-0.2, 0) is 18.3 Å². The summed E-state index contributed by atoms with van der Waals surface area (Å²) in [7, 11) is 1.94. The largest absolute Gasteiger partial charge is 0.439 e. The number of aryl methyl sites for hydroxylation is 2. The van der Waals surface area contributed by atoms with E-state index in [2.05, 4.69) is 15.4 Å². The Kier molecular flexibility index (Phi) is 4.38. The van der Waals surface area contributed by atoms with E-state index in [1.807, 2.05) is 55.2 Å². The molecule has 0 spiro atoms. The van der Waals surface area contributed by atoms with Gasteiger partial charge in [0.25, 0.3) is 0 Å². The topological polar surface area (TPSA) is 65.1 Å². The Labute approximate surface area is 146 Å². The molecular weight excluding hydrogens is 316 g/mol. The highest BCUT2D eigenvalue weighted by Crippen LogP contribution is 2.31. The molecule has 1 saturated heterocycles. The van der Waals surface area contributed by atoms with Gasteiger partial charge in [-0.1, -0.05) is 30.3 Å². The van der Waals surface area contributed by atoms with Crippen molar-refractivity contribution in [1.29, 1.82) is 0 Å². The van der Waals surface area contributed by atoms with Crippen molar-refractivity contribution >= 4 is 0 Å². The maximum atomic E-state index is 5.94. The predicted octanol–water partition coefficient (Wildman–Crippen LogP) is 3.00. The first-order chi connectivity index (χ1) is 12.2. The number of hydrogen-bond donors (Lipinski definition) is 1. The molecule has 1 aromatic carbocycles. The predicted molar refractivity (Wildman–Crippen MR) is 93.8 cm³/mol. The first kappa shape index (κ1) is 16.1. The number of oxazole rings is 1. The van der Waals surface area contributed by atoms with E-state index in [1.165, 1.54) is 0 Å². The molecule has 1 aliphatic heterocycles. The van der Waals surface area contributed by atoms with Crippen molar-refractivity contribution in [3.63, 3.8) is 0 Å². The summed E-state index contributed by atoms with van der Waals surface area (Å²) in [6.45, 7) is 3.35. The summed E-state index contributed by atoms with van der Waals surface area (Å²) in [5, 5.41) is 7.95. The van der Waals surface area contributed by atoms with Gasteiger partial charge in [0, 0.05) is 37.0 Å². The monoisotopic (exact) mass is 338 g/mol. The van der Waals surface area contributed by atoms with Crippen LogP contribution < -0.4 is 5.32 Å². The zero-order chi connectivity index (χ0) is 17.2. The number of rotatable bonds is 5. The first-order valence-electron chi connectivity index (χ1n) is 8.56. The average Bonchev–Trinajstić information content (AvgIpc) is 3.33. The van der Waals surface area contributed by atoms with Gasteiger partial charge in [-0.05, 0) is 13.3 Å². The van der Waals surface area contributed by atoms with E-state index in [0.717, 1.165) is 35.6 Å².